The summed E-state index contributed by atoms with van der Waals surface area (Å²) in [7, 11) is 0. The molecule has 0 saturated carbocycles. The maximum absolute atomic E-state index is 9.70. The quantitative estimate of drug-likeness (QED) is 0.188. The van der Waals surface area contributed by atoms with Crippen LogP contribution in [0.25, 0.3) is 76.9 Å². The van der Waals surface area contributed by atoms with Gasteiger partial charge in [0.1, 0.15) is 22.3 Å². The van der Waals surface area contributed by atoms with E-state index in [0.717, 1.165) is 27.3 Å². The highest BCUT2D eigenvalue weighted by Crippen LogP contribution is 2.47. The monoisotopic (exact) mass is 638 g/mol. The van der Waals surface area contributed by atoms with Crippen molar-refractivity contribution >= 4 is 71.7 Å². The Hall–Kier alpha value is -6.58. The second kappa shape index (κ2) is 11.0. The number of hydrogen-bond donors (Lipinski definition) is 0. The topological polar surface area (TPSA) is 29.5 Å². The minimum atomic E-state index is -0.622. The molecule has 0 unspecified atom stereocenters. The molecule has 0 atom stereocenters. The van der Waals surface area contributed by atoms with E-state index in [1.807, 2.05) is 103 Å². The Morgan fingerprint density at radius 2 is 1.20 bits per heavy atom. The van der Waals surface area contributed by atoms with Crippen molar-refractivity contribution in [3.63, 3.8) is 0 Å². The van der Waals surface area contributed by atoms with E-state index in [-0.39, 0.29) is 27.6 Å². The summed E-state index contributed by atoms with van der Waals surface area (Å²) in [6, 6.07) is 28.3. The largest absolute Gasteiger partial charge is 0.456 e. The fourth-order valence-electron chi connectivity index (χ4n) is 6.59. The Kier molecular flexibility index (Phi) is 4.19. The van der Waals surface area contributed by atoms with Crippen LogP contribution in [0.3, 0.4) is 0 Å². The molecular formula is C46H29NO2. The van der Waals surface area contributed by atoms with Crippen molar-refractivity contribution in [1.82, 2.24) is 0 Å². The molecule has 0 aliphatic carbocycles. The molecule has 10 rings (SSSR count). The normalized spacial score (nSPS) is 14.8. The Balaban J connectivity index is 1.30. The van der Waals surface area contributed by atoms with Gasteiger partial charge in [0.25, 0.3) is 0 Å². The second-order valence-electron chi connectivity index (χ2n) is 11.6. The van der Waals surface area contributed by atoms with Crippen LogP contribution in [0.15, 0.2) is 184 Å². The molecule has 3 heteroatoms. The predicted octanol–water partition coefficient (Wildman–Crippen LogP) is 13.4. The third-order valence-corrected chi connectivity index (χ3v) is 8.81. The molecule has 230 valence electrons. The Morgan fingerprint density at radius 3 is 2.12 bits per heavy atom. The van der Waals surface area contributed by atoms with Crippen LogP contribution in [0.4, 0.5) is 17.1 Å². The Bertz CT molecular complexity index is 3440. The molecule has 0 saturated heterocycles. The maximum atomic E-state index is 9.70. The van der Waals surface area contributed by atoms with Crippen molar-refractivity contribution in [2.45, 2.75) is 0 Å². The Labute approximate surface area is 298 Å². The number of furan rings is 2. The van der Waals surface area contributed by atoms with Gasteiger partial charge in [-0.25, -0.2) is 0 Å². The van der Waals surface area contributed by atoms with E-state index in [2.05, 4.69) is 0 Å². The number of nitrogens with zero attached hydrogens (tertiary/aromatic N) is 1. The fraction of sp³-hybridized carbons (Fsp3) is 0. The molecule has 3 nitrogen and oxygen atoms in total. The zero-order valence-corrected chi connectivity index (χ0v) is 25.7. The van der Waals surface area contributed by atoms with E-state index < -0.39 is 77.6 Å². The van der Waals surface area contributed by atoms with Gasteiger partial charge in [-0.3, -0.25) is 0 Å². The van der Waals surface area contributed by atoms with Crippen LogP contribution in [0.5, 0.6) is 0 Å². The fourth-order valence-corrected chi connectivity index (χ4v) is 6.59. The lowest BCUT2D eigenvalue weighted by Gasteiger charge is -2.28. The van der Waals surface area contributed by atoms with Gasteiger partial charge in [0.2, 0.25) is 0 Å². The average Bonchev–Trinajstić information content (AvgIpc) is 3.87. The molecule has 0 fully saturated rings. The van der Waals surface area contributed by atoms with Gasteiger partial charge in [-0.1, -0.05) is 121 Å². The van der Waals surface area contributed by atoms with Crippen molar-refractivity contribution in [3.8, 4) is 22.3 Å². The molecule has 0 bridgehead atoms. The lowest BCUT2D eigenvalue weighted by atomic mass is 9.99. The maximum Gasteiger partial charge on any atom is 0.143 e. The molecule has 10 aromatic rings. The van der Waals surface area contributed by atoms with Gasteiger partial charge in [-0.05, 0) is 76.6 Å². The third kappa shape index (κ3) is 4.44. The summed E-state index contributed by atoms with van der Waals surface area (Å²) < 4.78 is 112. The minimum absolute atomic E-state index is 0.118. The first-order chi connectivity index (χ1) is 28.9. The van der Waals surface area contributed by atoms with E-state index >= 15 is 0 Å². The van der Waals surface area contributed by atoms with E-state index in [9.17, 15) is 6.85 Å². The summed E-state index contributed by atoms with van der Waals surface area (Å²) in [6.07, 6.45) is 0. The third-order valence-electron chi connectivity index (χ3n) is 8.81. The molecule has 8 aromatic carbocycles. The predicted molar refractivity (Wildman–Crippen MR) is 204 cm³/mol. The molecule has 0 radical (unpaired) electrons. The van der Waals surface area contributed by atoms with E-state index in [1.54, 1.807) is 11.0 Å². The minimum Gasteiger partial charge on any atom is -0.456 e. The highest BCUT2D eigenvalue weighted by Gasteiger charge is 2.22. The summed E-state index contributed by atoms with van der Waals surface area (Å²) in [4.78, 5) is 1.70. The van der Waals surface area contributed by atoms with Gasteiger partial charge >= 0.3 is 0 Å². The van der Waals surface area contributed by atoms with Crippen molar-refractivity contribution < 1.29 is 23.9 Å². The summed E-state index contributed by atoms with van der Waals surface area (Å²) >= 11 is 0. The second-order valence-corrected chi connectivity index (χ2v) is 11.6. The number of hydrogen-bond acceptors (Lipinski definition) is 3. The van der Waals surface area contributed by atoms with Gasteiger partial charge in [-0.2, -0.15) is 0 Å². The highest BCUT2D eigenvalue weighted by molar-refractivity contribution is 6.20. The van der Waals surface area contributed by atoms with Crippen molar-refractivity contribution in [3.05, 3.63) is 176 Å². The van der Waals surface area contributed by atoms with Gasteiger partial charge < -0.3 is 13.7 Å². The van der Waals surface area contributed by atoms with Crippen LogP contribution in [-0.4, -0.2) is 0 Å². The van der Waals surface area contributed by atoms with Crippen LogP contribution >= 0.6 is 0 Å². The van der Waals surface area contributed by atoms with Crippen molar-refractivity contribution in [1.29, 1.82) is 0 Å². The molecule has 2 heterocycles. The van der Waals surface area contributed by atoms with Gasteiger partial charge in [0, 0.05) is 32.8 Å². The number of para-hydroxylation sites is 2. The smallest absolute Gasteiger partial charge is 0.143 e. The molecule has 0 spiro atoms. The molecule has 49 heavy (non-hydrogen) atoms. The molecule has 0 aliphatic rings. The summed E-state index contributed by atoms with van der Waals surface area (Å²) in [5, 5.41) is 2.94. The Morgan fingerprint density at radius 1 is 0.449 bits per heavy atom. The van der Waals surface area contributed by atoms with Gasteiger partial charge in [0.15, 0.2) is 0 Å². The first-order valence-corrected chi connectivity index (χ1v) is 15.7. The lowest BCUT2D eigenvalue weighted by Crippen LogP contribution is -2.11. The molecule has 0 N–H and O–H groups in total. The van der Waals surface area contributed by atoms with E-state index in [4.69, 9.17) is 17.1 Å². The summed E-state index contributed by atoms with van der Waals surface area (Å²) in [6.45, 7) is 0. The standard InChI is InChI=1S/C46H29NO2/c1-2-11-31(12-3-1)35-14-6-8-17-40(35)47(41-18-10-20-44-45(41)38-27-23-32-13-4-5-15-36(32)46(38)49-44)34-25-21-30(22-26-34)33-24-28-43-39(29-33)37-16-7-9-19-42(37)48-43/h1-29H/i7D,9D,16D,19D,21D,22D,24D,25D,26D,28D,29D. The zero-order valence-electron chi connectivity index (χ0n) is 36.7. The van der Waals surface area contributed by atoms with Crippen LogP contribution < -0.4 is 4.90 Å². The van der Waals surface area contributed by atoms with Crippen LogP contribution in [0.1, 0.15) is 15.1 Å². The molecule has 2 aromatic heterocycles. The molecule has 0 aliphatic heterocycles. The van der Waals surface area contributed by atoms with Crippen LogP contribution in [-0.2, 0) is 0 Å². The number of benzene rings is 8. The first-order valence-electron chi connectivity index (χ1n) is 21.2. The summed E-state index contributed by atoms with van der Waals surface area (Å²) in [5.41, 5.74) is 2.24. The van der Waals surface area contributed by atoms with E-state index in [1.165, 1.54) is 0 Å². The van der Waals surface area contributed by atoms with Gasteiger partial charge in [0.05, 0.1) is 31.8 Å². The SMILES string of the molecule is [2H]c1c([2H])c(N(c2ccccc2-c2ccccc2)c2cccc3oc4c5ccccc5ccc4c23)c([2H])c([2H])c1-c1c([2H])c([2H])c2oc3c([2H])c([2H])c([2H])c([2H])c3c2c1[2H]. The van der Waals surface area contributed by atoms with E-state index in [0.29, 0.717) is 27.9 Å². The first kappa shape index (κ1) is 18.7. The van der Waals surface area contributed by atoms with Crippen LogP contribution in [0, 0.1) is 0 Å². The number of fused-ring (bicyclic) bond motifs is 8. The highest BCUT2D eigenvalue weighted by atomic mass is 16.3. The van der Waals surface area contributed by atoms with Crippen molar-refractivity contribution in [2.75, 3.05) is 4.90 Å². The zero-order chi connectivity index (χ0) is 41.9. The van der Waals surface area contributed by atoms with Gasteiger partial charge in [-0.15, -0.1) is 0 Å². The molecular weight excluding hydrogens is 599 g/mol. The number of rotatable bonds is 5. The van der Waals surface area contributed by atoms with Crippen LogP contribution in [0.2, 0.25) is 0 Å². The number of anilines is 3. The lowest BCUT2D eigenvalue weighted by molar-refractivity contribution is 0.669. The average molecular weight is 639 g/mol. The van der Waals surface area contributed by atoms with Crippen molar-refractivity contribution in [2.24, 2.45) is 0 Å². The molecule has 0 amide bonds. The summed E-state index contributed by atoms with van der Waals surface area (Å²) in [5.74, 6) is 0.